The molecule has 6 heteroatoms. The van der Waals surface area contributed by atoms with Gasteiger partial charge in [0, 0.05) is 19.3 Å². The normalized spacial score (nSPS) is 12.7. The predicted molar refractivity (Wildman–Crippen MR) is 238 cm³/mol. The molecule has 0 N–H and O–H groups in total. The Hall–Kier alpha value is -3.15. The van der Waals surface area contributed by atoms with E-state index in [1.165, 1.54) is 70.6 Å². The van der Waals surface area contributed by atoms with Crippen molar-refractivity contribution in [2.75, 3.05) is 13.2 Å². The monoisotopic (exact) mass is 781 g/mol. The number of esters is 3. The van der Waals surface area contributed by atoms with E-state index in [9.17, 15) is 14.4 Å². The predicted octanol–water partition coefficient (Wildman–Crippen LogP) is 14.7. The molecule has 0 aliphatic rings. The Labute approximate surface area is 344 Å². The highest BCUT2D eigenvalue weighted by molar-refractivity contribution is 5.71. The molecule has 0 bridgehead atoms. The summed E-state index contributed by atoms with van der Waals surface area (Å²) in [4.78, 5) is 37.6. The molecule has 0 saturated carbocycles. The van der Waals surface area contributed by atoms with E-state index in [4.69, 9.17) is 14.2 Å². The second kappa shape index (κ2) is 44.6. The summed E-state index contributed by atoms with van der Waals surface area (Å²) in [6, 6.07) is 0. The molecule has 0 rings (SSSR count). The average Bonchev–Trinajstić information content (AvgIpc) is 3.19. The van der Waals surface area contributed by atoms with Crippen LogP contribution in [0.2, 0.25) is 0 Å². The van der Waals surface area contributed by atoms with Crippen LogP contribution in [0.1, 0.15) is 207 Å². The maximum atomic E-state index is 12.7. The van der Waals surface area contributed by atoms with E-state index in [2.05, 4.69) is 93.7 Å². The van der Waals surface area contributed by atoms with Crippen molar-refractivity contribution in [2.45, 2.75) is 213 Å². The van der Waals surface area contributed by atoms with Crippen molar-refractivity contribution >= 4 is 17.9 Å². The highest BCUT2D eigenvalue weighted by atomic mass is 16.6. The van der Waals surface area contributed by atoms with Crippen LogP contribution in [-0.2, 0) is 28.6 Å². The molecule has 0 aromatic heterocycles. The minimum atomic E-state index is -0.805. The Morgan fingerprint density at radius 1 is 0.393 bits per heavy atom. The van der Waals surface area contributed by atoms with Crippen molar-refractivity contribution in [1.29, 1.82) is 0 Å². The first-order chi connectivity index (χ1) is 27.5. The summed E-state index contributed by atoms with van der Waals surface area (Å²) in [7, 11) is 0. The average molecular weight is 781 g/mol. The van der Waals surface area contributed by atoms with Gasteiger partial charge in [0.25, 0.3) is 0 Å². The first kappa shape index (κ1) is 52.9. The van der Waals surface area contributed by atoms with Gasteiger partial charge in [-0.15, -0.1) is 0 Å². The molecular weight excluding hydrogens is 697 g/mol. The van der Waals surface area contributed by atoms with E-state index < -0.39 is 6.10 Å². The molecule has 0 spiro atoms. The van der Waals surface area contributed by atoms with Gasteiger partial charge in [-0.05, 0) is 70.6 Å². The molecule has 0 fully saturated rings. The molecule has 320 valence electrons. The van der Waals surface area contributed by atoms with Gasteiger partial charge in [0.05, 0.1) is 0 Å². The summed E-state index contributed by atoms with van der Waals surface area (Å²) in [5, 5.41) is 0. The van der Waals surface area contributed by atoms with Crippen molar-refractivity contribution in [3.05, 3.63) is 72.9 Å². The third kappa shape index (κ3) is 42.0. The van der Waals surface area contributed by atoms with Crippen molar-refractivity contribution in [3.8, 4) is 0 Å². The number of hydrogen-bond donors (Lipinski definition) is 0. The van der Waals surface area contributed by atoms with Crippen molar-refractivity contribution in [2.24, 2.45) is 0 Å². The Morgan fingerprint density at radius 3 is 1.27 bits per heavy atom. The molecule has 0 saturated heterocycles. The smallest absolute Gasteiger partial charge is 0.306 e. The number of carbonyl (C=O) groups is 3. The minimum absolute atomic E-state index is 0.102. The SMILES string of the molecule is CC/C=C\C/C=C\C/C=C\CCCC(=O)OC(COC(=O)CCCCCCC\C=C/C=C\C=C/CCCCCCC)COC(=O)CCCCCCCCCCC. The summed E-state index contributed by atoms with van der Waals surface area (Å²) in [6.07, 6.45) is 54.7. The number of unbranched alkanes of at least 4 members (excludes halogenated alkanes) is 19. The van der Waals surface area contributed by atoms with Crippen molar-refractivity contribution in [3.63, 3.8) is 0 Å². The molecular formula is C50H84O6. The second-order valence-corrected chi connectivity index (χ2v) is 15.0. The lowest BCUT2D eigenvalue weighted by molar-refractivity contribution is -0.167. The van der Waals surface area contributed by atoms with Gasteiger partial charge in [-0.2, -0.15) is 0 Å². The summed E-state index contributed by atoms with van der Waals surface area (Å²) < 4.78 is 16.6. The topological polar surface area (TPSA) is 78.9 Å². The van der Waals surface area contributed by atoms with E-state index >= 15 is 0 Å². The Balaban J connectivity index is 4.42. The number of hydrogen-bond acceptors (Lipinski definition) is 6. The second-order valence-electron chi connectivity index (χ2n) is 15.0. The zero-order valence-electron chi connectivity index (χ0n) is 36.4. The van der Waals surface area contributed by atoms with E-state index in [1.54, 1.807) is 0 Å². The fraction of sp³-hybridized carbons (Fsp3) is 0.700. The highest BCUT2D eigenvalue weighted by Crippen LogP contribution is 2.13. The van der Waals surface area contributed by atoms with Crippen LogP contribution in [0.5, 0.6) is 0 Å². The molecule has 0 radical (unpaired) electrons. The third-order valence-corrected chi connectivity index (χ3v) is 9.51. The van der Waals surface area contributed by atoms with Gasteiger partial charge in [0.1, 0.15) is 13.2 Å². The largest absolute Gasteiger partial charge is 0.462 e. The summed E-state index contributed by atoms with van der Waals surface area (Å²) in [5.74, 6) is -0.986. The highest BCUT2D eigenvalue weighted by Gasteiger charge is 2.19. The standard InChI is InChI=1S/C50H84O6/c1-4-7-10-13-16-19-21-22-23-24-25-26-27-29-31-34-37-40-43-49(52)55-46-47(45-54-48(51)42-39-36-33-30-18-15-12-9-6-3)56-50(53)44-41-38-35-32-28-20-17-14-11-8-5-2/h8,11,17,20-26,32,35,47H,4-7,9-10,12-16,18-19,27-31,33-34,36-46H2,1-3H3/b11-8-,20-17-,22-21-,24-23-,26-25-,35-32-. The molecule has 0 aromatic carbocycles. The molecule has 0 aromatic rings. The zero-order valence-corrected chi connectivity index (χ0v) is 36.4. The first-order valence-corrected chi connectivity index (χ1v) is 23.0. The fourth-order valence-electron chi connectivity index (χ4n) is 6.05. The van der Waals surface area contributed by atoms with Crippen LogP contribution in [0, 0.1) is 0 Å². The Morgan fingerprint density at radius 2 is 0.786 bits per heavy atom. The molecule has 0 heterocycles. The number of carbonyl (C=O) groups excluding carboxylic acids is 3. The van der Waals surface area contributed by atoms with Crippen molar-refractivity contribution < 1.29 is 28.6 Å². The lowest BCUT2D eigenvalue weighted by Gasteiger charge is -2.18. The van der Waals surface area contributed by atoms with E-state index in [0.717, 1.165) is 89.9 Å². The minimum Gasteiger partial charge on any atom is -0.462 e. The molecule has 6 nitrogen and oxygen atoms in total. The lowest BCUT2D eigenvalue weighted by atomic mass is 10.1. The van der Waals surface area contributed by atoms with Gasteiger partial charge >= 0.3 is 17.9 Å². The van der Waals surface area contributed by atoms with Crippen LogP contribution in [0.25, 0.3) is 0 Å². The van der Waals surface area contributed by atoms with E-state index in [1.807, 2.05) is 0 Å². The molecule has 0 aliphatic heterocycles. The fourth-order valence-corrected chi connectivity index (χ4v) is 6.05. The number of ether oxygens (including phenoxy) is 3. The van der Waals surface area contributed by atoms with Crippen LogP contribution in [0.4, 0.5) is 0 Å². The summed E-state index contributed by atoms with van der Waals surface area (Å²) in [6.45, 7) is 6.40. The number of allylic oxidation sites excluding steroid dienone is 12. The molecule has 0 amide bonds. The van der Waals surface area contributed by atoms with Gasteiger partial charge in [0.15, 0.2) is 6.10 Å². The van der Waals surface area contributed by atoms with Crippen LogP contribution in [0.15, 0.2) is 72.9 Å². The van der Waals surface area contributed by atoms with Gasteiger partial charge in [-0.3, -0.25) is 14.4 Å². The Kier molecular flexibility index (Phi) is 42.1. The Bertz CT molecular complexity index is 1080. The van der Waals surface area contributed by atoms with Crippen LogP contribution >= 0.6 is 0 Å². The maximum absolute atomic E-state index is 12.7. The maximum Gasteiger partial charge on any atom is 0.306 e. The summed E-state index contributed by atoms with van der Waals surface area (Å²) in [5.41, 5.74) is 0. The van der Waals surface area contributed by atoms with E-state index in [-0.39, 0.29) is 37.5 Å². The number of rotatable bonds is 40. The third-order valence-electron chi connectivity index (χ3n) is 9.51. The van der Waals surface area contributed by atoms with Gasteiger partial charge in [-0.1, -0.05) is 190 Å². The molecule has 1 unspecified atom stereocenters. The van der Waals surface area contributed by atoms with Gasteiger partial charge in [0.2, 0.25) is 0 Å². The first-order valence-electron chi connectivity index (χ1n) is 23.0. The zero-order chi connectivity index (χ0) is 40.8. The van der Waals surface area contributed by atoms with Crippen LogP contribution in [0.3, 0.4) is 0 Å². The molecule has 56 heavy (non-hydrogen) atoms. The van der Waals surface area contributed by atoms with Crippen molar-refractivity contribution in [1.82, 2.24) is 0 Å². The lowest BCUT2D eigenvalue weighted by Crippen LogP contribution is -2.30. The van der Waals surface area contributed by atoms with E-state index in [0.29, 0.717) is 19.3 Å². The quantitative estimate of drug-likeness (QED) is 0.0203. The van der Waals surface area contributed by atoms with Crippen LogP contribution in [-0.4, -0.2) is 37.2 Å². The molecule has 0 aliphatic carbocycles. The van der Waals surface area contributed by atoms with Gasteiger partial charge in [-0.25, -0.2) is 0 Å². The van der Waals surface area contributed by atoms with Crippen LogP contribution < -0.4 is 0 Å². The summed E-state index contributed by atoms with van der Waals surface area (Å²) >= 11 is 0. The molecule has 1 atom stereocenters. The van der Waals surface area contributed by atoms with Gasteiger partial charge < -0.3 is 14.2 Å².